The number of nitrogens with one attached hydrogen (secondary N) is 1. The first-order valence-corrected chi connectivity index (χ1v) is 6.71. The Kier molecular flexibility index (Phi) is 4.24. The zero-order valence-electron chi connectivity index (χ0n) is 10.1. The molecule has 0 saturated heterocycles. The Balaban J connectivity index is 2.06. The molecule has 1 nitrogen and oxygen atoms in total. The van der Waals surface area contributed by atoms with Crippen LogP contribution in [0.4, 0.5) is 0 Å². The monoisotopic (exact) mass is 243 g/mol. The molecule has 0 unspecified atom stereocenters. The summed E-state index contributed by atoms with van der Waals surface area (Å²) < 4.78 is 0. The summed E-state index contributed by atoms with van der Waals surface area (Å²) >= 11 is 1.84. The van der Waals surface area contributed by atoms with E-state index in [0.717, 1.165) is 12.3 Å². The van der Waals surface area contributed by atoms with E-state index < -0.39 is 0 Å². The van der Waals surface area contributed by atoms with Crippen LogP contribution in [0.2, 0.25) is 0 Å². The van der Waals surface area contributed by atoms with Gasteiger partial charge in [-0.15, -0.1) is 11.8 Å². The molecular formula is C15H17NS. The van der Waals surface area contributed by atoms with Crippen molar-refractivity contribution in [3.8, 4) is 0 Å². The van der Waals surface area contributed by atoms with Crippen LogP contribution in [0.15, 0.2) is 59.5 Å². The summed E-state index contributed by atoms with van der Waals surface area (Å²) in [7, 11) is 1.95. The first-order chi connectivity index (χ1) is 8.29. The van der Waals surface area contributed by atoms with Crippen molar-refractivity contribution in [2.24, 2.45) is 0 Å². The third-order valence-corrected chi connectivity index (χ3v) is 3.73. The molecule has 0 aromatic heterocycles. The zero-order chi connectivity index (χ0) is 12.1. The van der Waals surface area contributed by atoms with Gasteiger partial charge in [0.1, 0.15) is 0 Å². The van der Waals surface area contributed by atoms with Crippen LogP contribution in [0, 0.1) is 0 Å². The van der Waals surface area contributed by atoms with Crippen molar-refractivity contribution in [1.29, 1.82) is 0 Å². The van der Waals surface area contributed by atoms with Gasteiger partial charge in [-0.2, -0.15) is 0 Å². The predicted molar refractivity (Wildman–Crippen MR) is 77.7 cm³/mol. The van der Waals surface area contributed by atoms with Gasteiger partial charge in [-0.1, -0.05) is 42.5 Å². The van der Waals surface area contributed by atoms with Crippen LogP contribution < -0.4 is 5.32 Å². The molecule has 2 heteroatoms. The van der Waals surface area contributed by atoms with Crippen LogP contribution in [-0.4, -0.2) is 19.3 Å². The molecule has 0 bridgehead atoms. The standard InChI is InChI=1S/C15H17NS/c1-12(10-16-2)11-17-15-8-7-13-5-3-4-6-14(13)9-15/h3-9,16H,1,10-11H2,2H3. The van der Waals surface area contributed by atoms with Crippen molar-refractivity contribution in [3.05, 3.63) is 54.6 Å². The lowest BCUT2D eigenvalue weighted by Crippen LogP contribution is -2.10. The summed E-state index contributed by atoms with van der Waals surface area (Å²) in [5.41, 5.74) is 1.23. The molecular weight excluding hydrogens is 226 g/mol. The molecule has 2 rings (SSSR count). The van der Waals surface area contributed by atoms with Gasteiger partial charge < -0.3 is 5.32 Å². The summed E-state index contributed by atoms with van der Waals surface area (Å²) in [5.74, 6) is 0.971. The zero-order valence-corrected chi connectivity index (χ0v) is 10.9. The third kappa shape index (κ3) is 3.35. The maximum Gasteiger partial charge on any atom is 0.0200 e. The molecule has 2 aromatic carbocycles. The van der Waals surface area contributed by atoms with Crippen molar-refractivity contribution < 1.29 is 0 Å². The average Bonchev–Trinajstić information content (AvgIpc) is 2.36. The molecule has 0 amide bonds. The minimum absolute atomic E-state index is 0.889. The van der Waals surface area contributed by atoms with Crippen LogP contribution in [-0.2, 0) is 0 Å². The number of thioether (sulfide) groups is 1. The molecule has 88 valence electrons. The number of benzene rings is 2. The number of hydrogen-bond donors (Lipinski definition) is 1. The molecule has 0 heterocycles. The normalized spacial score (nSPS) is 10.6. The molecule has 0 spiro atoms. The van der Waals surface area contributed by atoms with Crippen LogP contribution in [0.5, 0.6) is 0 Å². The van der Waals surface area contributed by atoms with Gasteiger partial charge in [0.05, 0.1) is 0 Å². The number of fused-ring (bicyclic) bond motifs is 1. The van der Waals surface area contributed by atoms with Gasteiger partial charge in [0, 0.05) is 17.2 Å². The SMILES string of the molecule is C=C(CNC)CSc1ccc2ccccc2c1. The van der Waals surface area contributed by atoms with Crippen molar-refractivity contribution in [1.82, 2.24) is 5.32 Å². The van der Waals surface area contributed by atoms with Crippen molar-refractivity contribution in [3.63, 3.8) is 0 Å². The molecule has 2 aromatic rings. The van der Waals surface area contributed by atoms with E-state index in [-0.39, 0.29) is 0 Å². The summed E-state index contributed by atoms with van der Waals surface area (Å²) in [5, 5.41) is 5.72. The second-order valence-electron chi connectivity index (χ2n) is 4.08. The van der Waals surface area contributed by atoms with E-state index in [1.807, 2.05) is 18.8 Å². The Bertz CT molecular complexity index is 519. The van der Waals surface area contributed by atoms with E-state index in [1.54, 1.807) is 0 Å². The van der Waals surface area contributed by atoms with Gasteiger partial charge in [0.2, 0.25) is 0 Å². The second kappa shape index (κ2) is 5.89. The highest BCUT2D eigenvalue weighted by atomic mass is 32.2. The molecule has 0 radical (unpaired) electrons. The van der Waals surface area contributed by atoms with Crippen molar-refractivity contribution >= 4 is 22.5 Å². The lowest BCUT2D eigenvalue weighted by molar-refractivity contribution is 0.885. The minimum atomic E-state index is 0.889. The van der Waals surface area contributed by atoms with Gasteiger partial charge in [-0.05, 0) is 30.0 Å². The Hall–Kier alpha value is -1.25. The Labute approximate surface area is 107 Å². The topological polar surface area (TPSA) is 12.0 Å². The summed E-state index contributed by atoms with van der Waals surface area (Å²) in [6, 6.07) is 15.1. The fourth-order valence-electron chi connectivity index (χ4n) is 1.74. The number of hydrogen-bond acceptors (Lipinski definition) is 2. The molecule has 0 atom stereocenters. The second-order valence-corrected chi connectivity index (χ2v) is 5.13. The molecule has 0 aliphatic rings. The molecule has 1 N–H and O–H groups in total. The van der Waals surface area contributed by atoms with Crippen LogP contribution in [0.25, 0.3) is 10.8 Å². The van der Waals surface area contributed by atoms with Gasteiger partial charge in [0.15, 0.2) is 0 Å². The average molecular weight is 243 g/mol. The van der Waals surface area contributed by atoms with Crippen LogP contribution >= 0.6 is 11.8 Å². The highest BCUT2D eigenvalue weighted by Gasteiger charge is 1.98. The van der Waals surface area contributed by atoms with Gasteiger partial charge in [-0.3, -0.25) is 0 Å². The third-order valence-electron chi connectivity index (χ3n) is 2.59. The summed E-state index contributed by atoms with van der Waals surface area (Å²) in [6.45, 7) is 4.93. The molecule has 17 heavy (non-hydrogen) atoms. The highest BCUT2D eigenvalue weighted by molar-refractivity contribution is 7.99. The molecule has 0 aliphatic carbocycles. The first-order valence-electron chi connectivity index (χ1n) is 5.72. The maximum atomic E-state index is 4.04. The first kappa shape index (κ1) is 12.2. The van der Waals surface area contributed by atoms with E-state index in [4.69, 9.17) is 0 Å². The van der Waals surface area contributed by atoms with Gasteiger partial charge in [0.25, 0.3) is 0 Å². The highest BCUT2D eigenvalue weighted by Crippen LogP contribution is 2.24. The van der Waals surface area contributed by atoms with Gasteiger partial charge in [-0.25, -0.2) is 0 Å². The fraction of sp³-hybridized carbons (Fsp3) is 0.200. The Morgan fingerprint density at radius 1 is 1.18 bits per heavy atom. The summed E-state index contributed by atoms with van der Waals surface area (Å²) in [4.78, 5) is 1.31. The number of rotatable bonds is 5. The minimum Gasteiger partial charge on any atom is -0.316 e. The van der Waals surface area contributed by atoms with Crippen molar-refractivity contribution in [2.45, 2.75) is 4.90 Å². The molecule has 0 fully saturated rings. The van der Waals surface area contributed by atoms with Crippen molar-refractivity contribution in [2.75, 3.05) is 19.3 Å². The maximum absolute atomic E-state index is 4.04. The molecule has 0 aliphatic heterocycles. The van der Waals surface area contributed by atoms with E-state index in [9.17, 15) is 0 Å². The largest absolute Gasteiger partial charge is 0.316 e. The van der Waals surface area contributed by atoms with Crippen LogP contribution in [0.3, 0.4) is 0 Å². The quantitative estimate of drug-likeness (QED) is 0.634. The van der Waals surface area contributed by atoms with Gasteiger partial charge >= 0.3 is 0 Å². The van der Waals surface area contributed by atoms with E-state index in [1.165, 1.54) is 21.2 Å². The summed E-state index contributed by atoms with van der Waals surface area (Å²) in [6.07, 6.45) is 0. The Morgan fingerprint density at radius 2 is 1.94 bits per heavy atom. The van der Waals surface area contributed by atoms with E-state index in [0.29, 0.717) is 0 Å². The van der Waals surface area contributed by atoms with E-state index in [2.05, 4.69) is 54.4 Å². The fourth-order valence-corrected chi connectivity index (χ4v) is 2.59. The van der Waals surface area contributed by atoms with E-state index >= 15 is 0 Å². The smallest absolute Gasteiger partial charge is 0.0200 e. The lowest BCUT2D eigenvalue weighted by Gasteiger charge is -2.06. The predicted octanol–water partition coefficient (Wildman–Crippen LogP) is 3.71. The molecule has 0 saturated carbocycles. The lowest BCUT2D eigenvalue weighted by atomic mass is 10.1. The van der Waals surface area contributed by atoms with Crippen LogP contribution in [0.1, 0.15) is 0 Å². The number of likely N-dealkylation sites (N-methyl/N-ethyl adjacent to an activating group) is 1. The Morgan fingerprint density at radius 3 is 2.71 bits per heavy atom.